The molecule has 0 heterocycles. The van der Waals surface area contributed by atoms with Crippen LogP contribution in [0, 0.1) is 6.92 Å². The van der Waals surface area contributed by atoms with E-state index >= 15 is 0 Å². The summed E-state index contributed by atoms with van der Waals surface area (Å²) in [4.78, 5) is 0. The average molecular weight is 150 g/mol. The number of benzene rings is 1. The molecule has 0 amide bonds. The molecule has 3 N–H and O–H groups in total. The third-order valence-electron chi connectivity index (χ3n) is 1.53. The maximum atomic E-state index is 9.08. The molecule has 0 bridgehead atoms. The van der Waals surface area contributed by atoms with Crippen LogP contribution in [-0.2, 0) is 0 Å². The summed E-state index contributed by atoms with van der Waals surface area (Å²) in [5.74, 6) is -0.888. The maximum absolute atomic E-state index is 9.08. The van der Waals surface area contributed by atoms with Crippen molar-refractivity contribution in [2.75, 3.05) is 0 Å². The summed E-state index contributed by atoms with van der Waals surface area (Å²) in [6.45, 7) is 1.48. The third kappa shape index (κ3) is 1.11. The number of hydrogen-bond donors (Lipinski definition) is 3. The first-order valence-corrected chi connectivity index (χ1v) is 3.04. The zero-order chi connectivity index (χ0) is 8.59. The van der Waals surface area contributed by atoms with E-state index in [9.17, 15) is 0 Å². The van der Waals surface area contributed by atoms with Crippen LogP contribution in [0.1, 0.15) is 5.56 Å². The van der Waals surface area contributed by atoms with Gasteiger partial charge in [-0.3, -0.25) is 0 Å². The number of hydrogen-bond acceptors (Lipinski definition) is 3. The normalized spacial score (nSPS) is 9.91. The molecule has 2 radical (unpaired) electrons. The van der Waals surface area contributed by atoms with E-state index in [1.165, 1.54) is 13.0 Å². The molecule has 0 aliphatic rings. The van der Waals surface area contributed by atoms with Crippen molar-refractivity contribution in [3.05, 3.63) is 11.6 Å². The van der Waals surface area contributed by atoms with Gasteiger partial charge in [-0.1, -0.05) is 0 Å². The predicted molar refractivity (Wildman–Crippen MR) is 41.6 cm³/mol. The standard InChI is InChI=1S/C7H7BO3/c1-3-5(9)2-4(8)7(11)6(3)10/h2,9-11H,1H3. The summed E-state index contributed by atoms with van der Waals surface area (Å²) in [7, 11) is 5.22. The Hall–Kier alpha value is -1.32. The molecule has 0 aliphatic heterocycles. The molecule has 0 fully saturated rings. The molecule has 0 atom stereocenters. The van der Waals surface area contributed by atoms with Gasteiger partial charge < -0.3 is 15.3 Å². The first-order chi connectivity index (χ1) is 5.04. The van der Waals surface area contributed by atoms with E-state index in [-0.39, 0.29) is 28.3 Å². The lowest BCUT2D eigenvalue weighted by molar-refractivity contribution is 0.395. The Kier molecular flexibility index (Phi) is 1.68. The van der Waals surface area contributed by atoms with E-state index in [1.54, 1.807) is 0 Å². The quantitative estimate of drug-likeness (QED) is 0.275. The largest absolute Gasteiger partial charge is 0.508 e. The fourth-order valence-corrected chi connectivity index (χ4v) is 0.760. The van der Waals surface area contributed by atoms with Gasteiger partial charge in [0, 0.05) is 5.56 Å². The van der Waals surface area contributed by atoms with Crippen LogP contribution in [0.2, 0.25) is 0 Å². The SMILES string of the molecule is [B]c1cc(O)c(C)c(O)c1O. The lowest BCUT2D eigenvalue weighted by atomic mass is 9.93. The fraction of sp³-hybridized carbons (Fsp3) is 0.143. The van der Waals surface area contributed by atoms with Crippen LogP contribution in [0.4, 0.5) is 0 Å². The molecule has 0 spiro atoms. The number of phenolic OH excluding ortho intramolecular Hbond substituents is 3. The Bertz CT molecular complexity index is 270. The van der Waals surface area contributed by atoms with Crippen LogP contribution in [-0.4, -0.2) is 23.2 Å². The van der Waals surface area contributed by atoms with Gasteiger partial charge in [-0.2, -0.15) is 0 Å². The van der Waals surface area contributed by atoms with Gasteiger partial charge in [0.05, 0.1) is 0 Å². The Morgan fingerprint density at radius 3 is 2.27 bits per heavy atom. The molecular formula is C7H7BO3. The molecule has 1 aromatic rings. The summed E-state index contributed by atoms with van der Waals surface area (Å²) in [6, 6.07) is 1.18. The summed E-state index contributed by atoms with van der Waals surface area (Å²) in [6.07, 6.45) is 0. The van der Waals surface area contributed by atoms with Gasteiger partial charge >= 0.3 is 0 Å². The van der Waals surface area contributed by atoms with Gasteiger partial charge in [0.1, 0.15) is 13.6 Å². The van der Waals surface area contributed by atoms with Gasteiger partial charge in [0.15, 0.2) is 11.5 Å². The van der Waals surface area contributed by atoms with E-state index in [0.29, 0.717) is 0 Å². The van der Waals surface area contributed by atoms with Crippen molar-refractivity contribution in [2.24, 2.45) is 0 Å². The van der Waals surface area contributed by atoms with Crippen molar-refractivity contribution in [3.63, 3.8) is 0 Å². The van der Waals surface area contributed by atoms with E-state index in [2.05, 4.69) is 0 Å². The number of aromatic hydroxyl groups is 3. The Morgan fingerprint density at radius 2 is 1.73 bits per heavy atom. The van der Waals surface area contributed by atoms with Crippen molar-refractivity contribution >= 4 is 13.3 Å². The molecule has 0 aliphatic carbocycles. The predicted octanol–water partition coefficient (Wildman–Crippen LogP) is -0.0944. The van der Waals surface area contributed by atoms with Crippen molar-refractivity contribution in [2.45, 2.75) is 6.92 Å². The second-order valence-electron chi connectivity index (χ2n) is 2.31. The van der Waals surface area contributed by atoms with Crippen LogP contribution in [0.15, 0.2) is 6.07 Å². The Morgan fingerprint density at radius 1 is 1.18 bits per heavy atom. The highest BCUT2D eigenvalue weighted by Crippen LogP contribution is 2.31. The van der Waals surface area contributed by atoms with Crippen LogP contribution >= 0.6 is 0 Å². The lowest BCUT2D eigenvalue weighted by Crippen LogP contribution is -2.02. The minimum Gasteiger partial charge on any atom is -0.508 e. The zero-order valence-electron chi connectivity index (χ0n) is 6.00. The summed E-state index contributed by atoms with van der Waals surface area (Å²) >= 11 is 0. The molecule has 0 saturated carbocycles. The topological polar surface area (TPSA) is 60.7 Å². The van der Waals surface area contributed by atoms with Crippen LogP contribution in [0.25, 0.3) is 0 Å². The Balaban J connectivity index is 3.46. The maximum Gasteiger partial charge on any atom is 0.163 e. The molecule has 0 unspecified atom stereocenters. The number of rotatable bonds is 0. The molecule has 3 nitrogen and oxygen atoms in total. The molecule has 56 valence electrons. The van der Waals surface area contributed by atoms with Crippen LogP contribution in [0.3, 0.4) is 0 Å². The fourth-order valence-electron chi connectivity index (χ4n) is 0.760. The van der Waals surface area contributed by atoms with E-state index in [0.717, 1.165) is 0 Å². The highest BCUT2D eigenvalue weighted by Gasteiger charge is 2.09. The van der Waals surface area contributed by atoms with E-state index in [1.807, 2.05) is 0 Å². The van der Waals surface area contributed by atoms with Gasteiger partial charge in [0.2, 0.25) is 0 Å². The van der Waals surface area contributed by atoms with Crippen LogP contribution in [0.5, 0.6) is 17.2 Å². The molecule has 0 saturated heterocycles. The van der Waals surface area contributed by atoms with Crippen molar-refractivity contribution in [3.8, 4) is 17.2 Å². The van der Waals surface area contributed by atoms with Gasteiger partial charge in [-0.05, 0) is 18.5 Å². The lowest BCUT2D eigenvalue weighted by Gasteiger charge is -2.06. The second-order valence-corrected chi connectivity index (χ2v) is 2.31. The monoisotopic (exact) mass is 150 g/mol. The number of phenols is 3. The van der Waals surface area contributed by atoms with Gasteiger partial charge in [-0.15, -0.1) is 0 Å². The van der Waals surface area contributed by atoms with Crippen molar-refractivity contribution < 1.29 is 15.3 Å². The van der Waals surface area contributed by atoms with Gasteiger partial charge in [0.25, 0.3) is 0 Å². The highest BCUT2D eigenvalue weighted by molar-refractivity contribution is 6.34. The average Bonchev–Trinajstić information content (AvgIpc) is 1.97. The van der Waals surface area contributed by atoms with Crippen molar-refractivity contribution in [1.29, 1.82) is 0 Å². The first kappa shape index (κ1) is 7.79. The smallest absolute Gasteiger partial charge is 0.163 e. The molecule has 1 rings (SSSR count). The molecule has 4 heteroatoms. The van der Waals surface area contributed by atoms with Crippen molar-refractivity contribution in [1.82, 2.24) is 0 Å². The summed E-state index contributed by atoms with van der Waals surface area (Å²) in [5.41, 5.74) is 0.183. The Labute approximate surface area is 65.3 Å². The minimum absolute atomic E-state index is 0.0365. The first-order valence-electron chi connectivity index (χ1n) is 3.04. The third-order valence-corrected chi connectivity index (χ3v) is 1.53. The minimum atomic E-state index is -0.389. The summed E-state index contributed by atoms with van der Waals surface area (Å²) in [5, 5.41) is 27.2. The van der Waals surface area contributed by atoms with E-state index in [4.69, 9.17) is 23.2 Å². The van der Waals surface area contributed by atoms with Gasteiger partial charge in [-0.25, -0.2) is 0 Å². The van der Waals surface area contributed by atoms with Crippen LogP contribution < -0.4 is 5.46 Å². The van der Waals surface area contributed by atoms with E-state index < -0.39 is 0 Å². The molecular weight excluding hydrogens is 143 g/mol. The molecule has 0 aromatic heterocycles. The molecule has 11 heavy (non-hydrogen) atoms. The second kappa shape index (κ2) is 2.38. The highest BCUT2D eigenvalue weighted by atomic mass is 16.3. The zero-order valence-corrected chi connectivity index (χ0v) is 6.00. The molecule has 1 aromatic carbocycles. The summed E-state index contributed by atoms with van der Waals surface area (Å²) < 4.78 is 0.